The van der Waals surface area contributed by atoms with E-state index in [1.165, 1.54) is 4.90 Å². The van der Waals surface area contributed by atoms with Gasteiger partial charge in [-0.05, 0) is 12.3 Å². The molecule has 17 heavy (non-hydrogen) atoms. The molecular formula is C11H18N2O3S. The third kappa shape index (κ3) is 2.57. The molecule has 0 bridgehead atoms. The van der Waals surface area contributed by atoms with Crippen LogP contribution >= 0.6 is 11.8 Å². The Morgan fingerprint density at radius 3 is 2.82 bits per heavy atom. The molecule has 2 aliphatic heterocycles. The van der Waals surface area contributed by atoms with Crippen LogP contribution in [-0.2, 0) is 9.59 Å². The number of rotatable bonds is 2. The van der Waals surface area contributed by atoms with Gasteiger partial charge >= 0.3 is 5.97 Å². The normalized spacial score (nSPS) is 33.7. The molecule has 0 spiro atoms. The van der Waals surface area contributed by atoms with Gasteiger partial charge in [0.1, 0.15) is 6.04 Å². The Kier molecular flexibility index (Phi) is 3.93. The Labute approximate surface area is 105 Å². The molecule has 0 aromatic carbocycles. The average molecular weight is 258 g/mol. The van der Waals surface area contributed by atoms with Crippen molar-refractivity contribution < 1.29 is 14.7 Å². The molecule has 2 aliphatic rings. The highest BCUT2D eigenvalue weighted by Crippen LogP contribution is 2.25. The summed E-state index contributed by atoms with van der Waals surface area (Å²) in [5, 5.41) is 12.3. The van der Waals surface area contributed by atoms with Crippen molar-refractivity contribution in [1.29, 1.82) is 0 Å². The van der Waals surface area contributed by atoms with Crippen LogP contribution in [0.4, 0.5) is 0 Å². The quantitative estimate of drug-likeness (QED) is 0.730. The van der Waals surface area contributed by atoms with Crippen molar-refractivity contribution in [1.82, 2.24) is 10.2 Å². The van der Waals surface area contributed by atoms with Crippen molar-refractivity contribution >= 4 is 23.6 Å². The van der Waals surface area contributed by atoms with Crippen LogP contribution in [0.25, 0.3) is 0 Å². The number of hydrogen-bond donors (Lipinski definition) is 2. The summed E-state index contributed by atoms with van der Waals surface area (Å²) in [4.78, 5) is 25.0. The molecule has 1 amide bonds. The van der Waals surface area contributed by atoms with Crippen LogP contribution in [0.5, 0.6) is 0 Å². The minimum Gasteiger partial charge on any atom is -0.480 e. The van der Waals surface area contributed by atoms with Crippen LogP contribution in [0, 0.1) is 5.92 Å². The fourth-order valence-electron chi connectivity index (χ4n) is 2.50. The zero-order valence-electron chi connectivity index (χ0n) is 9.89. The maximum atomic E-state index is 12.2. The molecule has 96 valence electrons. The molecule has 0 aliphatic carbocycles. The first-order chi connectivity index (χ1) is 8.11. The summed E-state index contributed by atoms with van der Waals surface area (Å²) in [7, 11) is 0. The van der Waals surface area contributed by atoms with Crippen molar-refractivity contribution in [2.45, 2.75) is 25.4 Å². The maximum absolute atomic E-state index is 12.2. The number of likely N-dealkylation sites (tertiary alicyclic amines) is 1. The van der Waals surface area contributed by atoms with E-state index in [2.05, 4.69) is 5.32 Å². The summed E-state index contributed by atoms with van der Waals surface area (Å²) in [5.74, 6) is 0.881. The Balaban J connectivity index is 2.05. The third-order valence-corrected chi connectivity index (χ3v) is 4.52. The van der Waals surface area contributed by atoms with Gasteiger partial charge in [-0.2, -0.15) is 11.8 Å². The highest BCUT2D eigenvalue weighted by Gasteiger charge is 2.41. The summed E-state index contributed by atoms with van der Waals surface area (Å²) < 4.78 is 0. The fraction of sp³-hybridized carbons (Fsp3) is 0.818. The van der Waals surface area contributed by atoms with Gasteiger partial charge in [-0.3, -0.25) is 4.79 Å². The van der Waals surface area contributed by atoms with Crippen LogP contribution in [0.1, 0.15) is 13.3 Å². The predicted octanol–water partition coefficient (Wildman–Crippen LogP) is 0.0130. The van der Waals surface area contributed by atoms with Crippen molar-refractivity contribution in [3.05, 3.63) is 0 Å². The van der Waals surface area contributed by atoms with Gasteiger partial charge in [0.25, 0.3) is 0 Å². The van der Waals surface area contributed by atoms with E-state index in [4.69, 9.17) is 0 Å². The fourth-order valence-corrected chi connectivity index (χ4v) is 3.42. The summed E-state index contributed by atoms with van der Waals surface area (Å²) in [6.07, 6.45) is 0.780. The van der Waals surface area contributed by atoms with E-state index in [1.807, 2.05) is 6.92 Å². The summed E-state index contributed by atoms with van der Waals surface area (Å²) in [6.45, 7) is 3.29. The van der Waals surface area contributed by atoms with E-state index < -0.39 is 12.0 Å². The number of nitrogens with zero attached hydrogens (tertiary/aromatic N) is 1. The number of nitrogens with one attached hydrogen (secondary N) is 1. The second kappa shape index (κ2) is 5.27. The molecule has 3 unspecified atom stereocenters. The van der Waals surface area contributed by atoms with Gasteiger partial charge in [-0.1, -0.05) is 6.92 Å². The number of hydrogen-bond acceptors (Lipinski definition) is 4. The topological polar surface area (TPSA) is 69.6 Å². The second-order valence-electron chi connectivity index (χ2n) is 4.66. The van der Waals surface area contributed by atoms with Crippen molar-refractivity contribution in [2.75, 3.05) is 24.6 Å². The second-order valence-corrected chi connectivity index (χ2v) is 5.81. The van der Waals surface area contributed by atoms with E-state index in [-0.39, 0.29) is 17.9 Å². The van der Waals surface area contributed by atoms with Gasteiger partial charge in [0.15, 0.2) is 0 Å². The number of carboxylic acid groups (broad SMARTS) is 1. The van der Waals surface area contributed by atoms with Crippen LogP contribution in [0.2, 0.25) is 0 Å². The van der Waals surface area contributed by atoms with Gasteiger partial charge in [0.2, 0.25) is 5.91 Å². The molecule has 3 atom stereocenters. The highest BCUT2D eigenvalue weighted by molar-refractivity contribution is 7.99. The Bertz CT molecular complexity index is 318. The lowest BCUT2D eigenvalue weighted by molar-refractivity contribution is -0.150. The van der Waals surface area contributed by atoms with Gasteiger partial charge in [-0.25, -0.2) is 4.79 Å². The molecule has 2 saturated heterocycles. The van der Waals surface area contributed by atoms with Crippen LogP contribution in [-0.4, -0.2) is 58.6 Å². The minimum absolute atomic E-state index is 0.0473. The van der Waals surface area contributed by atoms with Gasteiger partial charge in [0.05, 0.1) is 6.04 Å². The van der Waals surface area contributed by atoms with E-state index in [0.29, 0.717) is 6.54 Å². The van der Waals surface area contributed by atoms with Gasteiger partial charge in [-0.15, -0.1) is 0 Å². The van der Waals surface area contributed by atoms with Crippen LogP contribution in [0.3, 0.4) is 0 Å². The molecule has 2 heterocycles. The number of carboxylic acids is 1. The smallest absolute Gasteiger partial charge is 0.326 e. The largest absolute Gasteiger partial charge is 0.480 e. The zero-order valence-corrected chi connectivity index (χ0v) is 10.7. The molecule has 2 rings (SSSR count). The number of amides is 1. The molecule has 0 aromatic heterocycles. The lowest BCUT2D eigenvalue weighted by Gasteiger charge is -2.30. The molecule has 5 nitrogen and oxygen atoms in total. The Morgan fingerprint density at radius 2 is 2.24 bits per heavy atom. The molecule has 0 radical (unpaired) electrons. The molecular weight excluding hydrogens is 240 g/mol. The minimum atomic E-state index is -0.883. The maximum Gasteiger partial charge on any atom is 0.326 e. The SMILES string of the molecule is CC1CCN(C(=O)C2CSCCN2)C1C(=O)O. The number of aliphatic carboxylic acids is 1. The zero-order chi connectivity index (χ0) is 12.4. The van der Waals surface area contributed by atoms with Crippen LogP contribution in [0.15, 0.2) is 0 Å². The van der Waals surface area contributed by atoms with Crippen LogP contribution < -0.4 is 5.32 Å². The molecule has 6 heteroatoms. The van der Waals surface area contributed by atoms with Gasteiger partial charge in [0, 0.05) is 24.6 Å². The first kappa shape index (κ1) is 12.7. The summed E-state index contributed by atoms with van der Waals surface area (Å²) in [5.41, 5.74) is 0. The Morgan fingerprint density at radius 1 is 1.47 bits per heavy atom. The number of carbonyl (C=O) groups excluding carboxylic acids is 1. The molecule has 0 saturated carbocycles. The number of carbonyl (C=O) groups is 2. The molecule has 2 fully saturated rings. The van der Waals surface area contributed by atoms with E-state index in [1.54, 1.807) is 11.8 Å². The first-order valence-corrected chi connectivity index (χ1v) is 7.11. The van der Waals surface area contributed by atoms with Crippen molar-refractivity contribution in [3.8, 4) is 0 Å². The monoisotopic (exact) mass is 258 g/mol. The highest BCUT2D eigenvalue weighted by atomic mass is 32.2. The number of thioether (sulfide) groups is 1. The molecule has 2 N–H and O–H groups in total. The van der Waals surface area contributed by atoms with E-state index in [0.717, 1.165) is 24.5 Å². The van der Waals surface area contributed by atoms with E-state index >= 15 is 0 Å². The van der Waals surface area contributed by atoms with E-state index in [9.17, 15) is 14.7 Å². The van der Waals surface area contributed by atoms with Gasteiger partial charge < -0.3 is 15.3 Å². The summed E-state index contributed by atoms with van der Waals surface area (Å²) in [6, 6.07) is -0.850. The average Bonchev–Trinajstić information content (AvgIpc) is 2.71. The lowest BCUT2D eigenvalue weighted by Crippen LogP contribution is -2.54. The van der Waals surface area contributed by atoms with Crippen molar-refractivity contribution in [3.63, 3.8) is 0 Å². The lowest BCUT2D eigenvalue weighted by atomic mass is 10.0. The predicted molar refractivity (Wildman–Crippen MR) is 66.0 cm³/mol. The summed E-state index contributed by atoms with van der Waals surface area (Å²) >= 11 is 1.74. The molecule has 0 aromatic rings. The Hall–Kier alpha value is -0.750. The third-order valence-electron chi connectivity index (χ3n) is 3.46. The first-order valence-electron chi connectivity index (χ1n) is 5.95. The van der Waals surface area contributed by atoms with Crippen molar-refractivity contribution in [2.24, 2.45) is 5.92 Å². The standard InChI is InChI=1S/C11H18N2O3S/c1-7-2-4-13(9(7)11(15)16)10(14)8-6-17-5-3-12-8/h7-9,12H,2-6H2,1H3,(H,15,16).